The fourth-order valence-corrected chi connectivity index (χ4v) is 1.36. The highest BCUT2D eigenvalue weighted by Crippen LogP contribution is 2.09. The zero-order chi connectivity index (χ0) is 7.40. The Labute approximate surface area is 63.7 Å². The second-order valence-electron chi connectivity index (χ2n) is 3.07. The fraction of sp³-hybridized carbons (Fsp3) is 0.667. The summed E-state index contributed by atoms with van der Waals surface area (Å²) in [7, 11) is 0. The first-order valence-corrected chi connectivity index (χ1v) is 4.03. The molecule has 1 heterocycles. The maximum absolute atomic E-state index is 3.85. The number of allylic oxidation sites excluding steroid dienone is 1. The lowest BCUT2D eigenvalue weighted by Gasteiger charge is -2.25. The Hall–Kier alpha value is -0.460. The zero-order valence-electron chi connectivity index (χ0n) is 6.77. The lowest BCUT2D eigenvalue weighted by molar-refractivity contribution is 0.308. The molecule has 0 bridgehead atoms. The van der Waals surface area contributed by atoms with Crippen LogP contribution in [0, 0.1) is 6.92 Å². The van der Waals surface area contributed by atoms with Crippen LogP contribution in [0.5, 0.6) is 0 Å². The number of hydrogen-bond acceptors (Lipinski definition) is 1. The smallest absolute Gasteiger partial charge is 0.0172 e. The Morgan fingerprint density at radius 1 is 1.30 bits per heavy atom. The van der Waals surface area contributed by atoms with Crippen LogP contribution >= 0.6 is 0 Å². The van der Waals surface area contributed by atoms with Gasteiger partial charge < -0.3 is 4.90 Å². The van der Waals surface area contributed by atoms with Gasteiger partial charge in [0.25, 0.3) is 0 Å². The van der Waals surface area contributed by atoms with Crippen LogP contribution in [0.4, 0.5) is 0 Å². The average molecular weight is 138 g/mol. The molecular weight excluding hydrogens is 122 g/mol. The number of likely N-dealkylation sites (tertiary alicyclic amines) is 1. The van der Waals surface area contributed by atoms with Crippen molar-refractivity contribution < 1.29 is 0 Å². The molecule has 1 aliphatic rings. The van der Waals surface area contributed by atoms with E-state index >= 15 is 0 Å². The Bertz CT molecular complexity index is 117. The molecule has 1 aliphatic heterocycles. The molecule has 1 rings (SSSR count). The normalized spacial score (nSPS) is 21.4. The van der Waals surface area contributed by atoms with Gasteiger partial charge in [-0.1, -0.05) is 5.57 Å². The highest BCUT2D eigenvalue weighted by molar-refractivity contribution is 5.00. The zero-order valence-corrected chi connectivity index (χ0v) is 6.77. The van der Waals surface area contributed by atoms with E-state index in [9.17, 15) is 0 Å². The molecule has 0 spiro atoms. The molecule has 0 amide bonds. The first kappa shape index (κ1) is 7.64. The van der Waals surface area contributed by atoms with Crippen LogP contribution in [-0.2, 0) is 0 Å². The number of hydrogen-bond donors (Lipinski definition) is 0. The third-order valence-corrected chi connectivity index (χ3v) is 1.79. The van der Waals surface area contributed by atoms with Crippen molar-refractivity contribution in [2.45, 2.75) is 26.2 Å². The molecule has 0 aliphatic carbocycles. The van der Waals surface area contributed by atoms with Gasteiger partial charge in [-0.2, -0.15) is 0 Å². The van der Waals surface area contributed by atoms with E-state index in [1.807, 2.05) is 0 Å². The molecule has 0 aromatic heterocycles. The van der Waals surface area contributed by atoms with E-state index in [0.29, 0.717) is 0 Å². The van der Waals surface area contributed by atoms with Gasteiger partial charge in [0, 0.05) is 13.1 Å². The molecular formula is C9H16N. The summed E-state index contributed by atoms with van der Waals surface area (Å²) in [5.41, 5.74) is 1.17. The van der Waals surface area contributed by atoms with Crippen LogP contribution in [0.2, 0.25) is 0 Å². The van der Waals surface area contributed by atoms with E-state index in [4.69, 9.17) is 0 Å². The van der Waals surface area contributed by atoms with Crippen LogP contribution in [0.3, 0.4) is 0 Å². The van der Waals surface area contributed by atoms with Gasteiger partial charge in [0.05, 0.1) is 0 Å². The van der Waals surface area contributed by atoms with Gasteiger partial charge in [0.2, 0.25) is 0 Å². The van der Waals surface area contributed by atoms with E-state index in [1.165, 1.54) is 37.9 Å². The molecule has 0 N–H and O–H groups in total. The predicted molar refractivity (Wildman–Crippen MR) is 44.5 cm³/mol. The molecule has 1 fully saturated rings. The van der Waals surface area contributed by atoms with Gasteiger partial charge in [-0.05, 0) is 39.3 Å². The number of piperidine rings is 1. The van der Waals surface area contributed by atoms with Crippen molar-refractivity contribution in [2.75, 3.05) is 13.1 Å². The molecule has 0 aromatic rings. The molecule has 10 heavy (non-hydrogen) atoms. The van der Waals surface area contributed by atoms with Crippen molar-refractivity contribution >= 4 is 0 Å². The predicted octanol–water partition coefficient (Wildman–Crippen LogP) is 2.21. The van der Waals surface area contributed by atoms with Crippen LogP contribution in [0.15, 0.2) is 11.8 Å². The van der Waals surface area contributed by atoms with Crippen LogP contribution in [0.1, 0.15) is 26.2 Å². The average Bonchev–Trinajstić information content (AvgIpc) is 1.88. The van der Waals surface area contributed by atoms with Crippen molar-refractivity contribution in [2.24, 2.45) is 0 Å². The second kappa shape index (κ2) is 3.65. The van der Waals surface area contributed by atoms with E-state index < -0.39 is 0 Å². The Morgan fingerprint density at radius 2 is 1.90 bits per heavy atom. The third-order valence-electron chi connectivity index (χ3n) is 1.79. The lowest BCUT2D eigenvalue weighted by Crippen LogP contribution is -2.24. The molecule has 1 heteroatoms. The van der Waals surface area contributed by atoms with Crippen molar-refractivity contribution in [1.29, 1.82) is 0 Å². The van der Waals surface area contributed by atoms with Gasteiger partial charge in [-0.15, -0.1) is 0 Å². The molecule has 0 atom stereocenters. The third kappa shape index (κ3) is 2.42. The minimum absolute atomic E-state index is 1.17. The van der Waals surface area contributed by atoms with E-state index in [0.717, 1.165) is 0 Å². The maximum atomic E-state index is 3.85. The number of rotatable bonds is 1. The first-order valence-electron chi connectivity index (χ1n) is 4.03. The van der Waals surface area contributed by atoms with Crippen molar-refractivity contribution in [1.82, 2.24) is 4.90 Å². The van der Waals surface area contributed by atoms with Crippen molar-refractivity contribution in [3.63, 3.8) is 0 Å². The summed E-state index contributed by atoms with van der Waals surface area (Å²) in [6.45, 7) is 8.36. The number of nitrogens with zero attached hydrogens (tertiary/aromatic N) is 1. The van der Waals surface area contributed by atoms with Crippen LogP contribution < -0.4 is 0 Å². The lowest BCUT2D eigenvalue weighted by atomic mass is 10.1. The molecule has 0 saturated carbocycles. The Balaban J connectivity index is 2.33. The van der Waals surface area contributed by atoms with Gasteiger partial charge in [-0.3, -0.25) is 0 Å². The SMILES string of the molecule is [CH2]/C(C)=C/N1CCCCC1. The van der Waals surface area contributed by atoms with Crippen molar-refractivity contribution in [3.05, 3.63) is 18.7 Å². The molecule has 0 unspecified atom stereocenters. The summed E-state index contributed by atoms with van der Waals surface area (Å²) < 4.78 is 0. The van der Waals surface area contributed by atoms with Crippen molar-refractivity contribution in [3.8, 4) is 0 Å². The highest BCUT2D eigenvalue weighted by Gasteiger charge is 2.04. The summed E-state index contributed by atoms with van der Waals surface area (Å²) in [6, 6.07) is 0. The quantitative estimate of drug-likeness (QED) is 0.537. The van der Waals surface area contributed by atoms with E-state index in [-0.39, 0.29) is 0 Å². The van der Waals surface area contributed by atoms with Gasteiger partial charge in [0.1, 0.15) is 0 Å². The van der Waals surface area contributed by atoms with Crippen LogP contribution in [0.25, 0.3) is 0 Å². The first-order chi connectivity index (χ1) is 4.79. The minimum atomic E-state index is 1.17. The minimum Gasteiger partial charge on any atom is -0.377 e. The maximum Gasteiger partial charge on any atom is 0.0172 e. The summed E-state index contributed by atoms with van der Waals surface area (Å²) in [5.74, 6) is 0. The Kier molecular flexibility index (Phi) is 2.79. The van der Waals surface area contributed by atoms with Gasteiger partial charge in [-0.25, -0.2) is 0 Å². The fourth-order valence-electron chi connectivity index (χ4n) is 1.36. The molecule has 57 valence electrons. The van der Waals surface area contributed by atoms with E-state index in [1.54, 1.807) is 0 Å². The topological polar surface area (TPSA) is 3.24 Å². The second-order valence-corrected chi connectivity index (χ2v) is 3.07. The molecule has 1 radical (unpaired) electrons. The Morgan fingerprint density at radius 3 is 2.40 bits per heavy atom. The van der Waals surface area contributed by atoms with Gasteiger partial charge >= 0.3 is 0 Å². The van der Waals surface area contributed by atoms with Crippen LogP contribution in [-0.4, -0.2) is 18.0 Å². The van der Waals surface area contributed by atoms with Gasteiger partial charge in [0.15, 0.2) is 0 Å². The highest BCUT2D eigenvalue weighted by atomic mass is 15.1. The standard InChI is InChI=1S/C9H16N/c1-9(2)8-10-6-4-3-5-7-10/h8H,1,3-7H2,2H3/b9-8-. The molecule has 1 nitrogen and oxygen atoms in total. The summed E-state index contributed by atoms with van der Waals surface area (Å²) in [6.07, 6.45) is 6.27. The summed E-state index contributed by atoms with van der Waals surface area (Å²) in [5, 5.41) is 0. The summed E-state index contributed by atoms with van der Waals surface area (Å²) in [4.78, 5) is 2.37. The van der Waals surface area contributed by atoms with E-state index in [2.05, 4.69) is 24.9 Å². The monoisotopic (exact) mass is 138 g/mol. The summed E-state index contributed by atoms with van der Waals surface area (Å²) >= 11 is 0. The molecule has 1 saturated heterocycles. The largest absolute Gasteiger partial charge is 0.377 e. The molecule has 0 aromatic carbocycles.